The average Bonchev–Trinajstić information content (AvgIpc) is 3.25. The zero-order valence-electron chi connectivity index (χ0n) is 21.0. The Kier molecular flexibility index (Phi) is 7.21. The van der Waals surface area contributed by atoms with Crippen molar-refractivity contribution >= 4 is 16.0 Å². The number of hydrogen-bond donors (Lipinski definition) is 2. The van der Waals surface area contributed by atoms with Crippen molar-refractivity contribution < 1.29 is 23.1 Å². The van der Waals surface area contributed by atoms with Crippen molar-refractivity contribution in [2.75, 3.05) is 0 Å². The fraction of sp³-hybridized carbons (Fsp3) is 0.367. The largest absolute Gasteiger partial charge is 0.458 e. The fourth-order valence-electron chi connectivity index (χ4n) is 5.72. The molecule has 5 rings (SSSR count). The summed E-state index contributed by atoms with van der Waals surface area (Å²) in [5, 5.41) is 12.0. The second kappa shape index (κ2) is 10.4. The van der Waals surface area contributed by atoms with Crippen LogP contribution < -0.4 is 4.72 Å². The van der Waals surface area contributed by atoms with Crippen molar-refractivity contribution in [1.29, 1.82) is 0 Å². The first-order chi connectivity index (χ1) is 17.8. The van der Waals surface area contributed by atoms with Gasteiger partial charge < -0.3 is 9.84 Å². The third-order valence-corrected chi connectivity index (χ3v) is 9.23. The Bertz CT molecular complexity index is 1350. The molecule has 0 saturated heterocycles. The van der Waals surface area contributed by atoms with E-state index in [1.807, 2.05) is 37.3 Å². The van der Waals surface area contributed by atoms with Gasteiger partial charge in [0.2, 0.25) is 10.0 Å². The number of esters is 1. The molecule has 1 saturated carbocycles. The van der Waals surface area contributed by atoms with Gasteiger partial charge in [0, 0.05) is 12.3 Å². The maximum Gasteiger partial charge on any atom is 0.343 e. The minimum Gasteiger partial charge on any atom is -0.458 e. The van der Waals surface area contributed by atoms with Crippen molar-refractivity contribution in [2.24, 2.45) is 5.92 Å². The van der Waals surface area contributed by atoms with Gasteiger partial charge >= 0.3 is 5.97 Å². The topological polar surface area (TPSA) is 92.7 Å². The molecular formula is C30H33NO5S. The normalized spacial score (nSPS) is 21.7. The molecule has 1 fully saturated rings. The summed E-state index contributed by atoms with van der Waals surface area (Å²) in [5.41, 5.74) is 1.37. The molecule has 0 aromatic heterocycles. The minimum atomic E-state index is -3.88. The van der Waals surface area contributed by atoms with Crippen LogP contribution in [0.4, 0.5) is 0 Å². The van der Waals surface area contributed by atoms with Crippen LogP contribution in [0, 0.1) is 12.8 Å². The van der Waals surface area contributed by atoms with E-state index in [0.29, 0.717) is 12.0 Å². The van der Waals surface area contributed by atoms with Crippen LogP contribution in [-0.2, 0) is 31.6 Å². The molecule has 0 amide bonds. The van der Waals surface area contributed by atoms with E-state index in [2.05, 4.69) is 4.72 Å². The summed E-state index contributed by atoms with van der Waals surface area (Å²) in [4.78, 5) is 14.0. The van der Waals surface area contributed by atoms with Gasteiger partial charge in [-0.1, -0.05) is 91.6 Å². The van der Waals surface area contributed by atoms with E-state index in [1.165, 1.54) is 0 Å². The smallest absolute Gasteiger partial charge is 0.343 e. The number of fused-ring (bicyclic) bond motifs is 1. The van der Waals surface area contributed by atoms with Gasteiger partial charge in [-0.25, -0.2) is 13.2 Å². The molecule has 2 aliphatic carbocycles. The molecule has 194 valence electrons. The summed E-state index contributed by atoms with van der Waals surface area (Å²) >= 11 is 0. The Balaban J connectivity index is 1.46. The van der Waals surface area contributed by atoms with Crippen molar-refractivity contribution in [3.05, 3.63) is 101 Å². The number of aliphatic hydroxyl groups is 1. The third kappa shape index (κ3) is 5.08. The van der Waals surface area contributed by atoms with Crippen molar-refractivity contribution in [1.82, 2.24) is 4.72 Å². The molecule has 7 heteroatoms. The summed E-state index contributed by atoms with van der Waals surface area (Å²) < 4.78 is 35.5. The van der Waals surface area contributed by atoms with E-state index in [9.17, 15) is 18.3 Å². The molecule has 3 aromatic rings. The average molecular weight is 520 g/mol. The van der Waals surface area contributed by atoms with Gasteiger partial charge in [0.1, 0.15) is 6.10 Å². The summed E-state index contributed by atoms with van der Waals surface area (Å²) in [6, 6.07) is 22.4. The maximum atomic E-state index is 13.8. The lowest BCUT2D eigenvalue weighted by molar-refractivity contribution is -0.182. The second-order valence-corrected chi connectivity index (χ2v) is 11.9. The third-order valence-electron chi connectivity index (χ3n) is 7.78. The molecule has 0 spiro atoms. The zero-order chi connectivity index (χ0) is 26.0. The first-order valence-electron chi connectivity index (χ1n) is 12.9. The number of rotatable bonds is 7. The number of benzene rings is 3. The predicted molar refractivity (Wildman–Crippen MR) is 141 cm³/mol. The highest BCUT2D eigenvalue weighted by atomic mass is 32.2. The van der Waals surface area contributed by atoms with Crippen LogP contribution >= 0.6 is 0 Å². The Morgan fingerprint density at radius 3 is 2.27 bits per heavy atom. The van der Waals surface area contributed by atoms with Crippen LogP contribution in [0.15, 0.2) is 83.8 Å². The van der Waals surface area contributed by atoms with Crippen LogP contribution in [-0.4, -0.2) is 25.6 Å². The molecule has 3 aromatic carbocycles. The standard InChI is InChI=1S/C30H33NO5S/c1-21-16-18-25(19-17-21)37(34,35)31-28-26-15-9-8-10-22(26)20-27(28)36-29(32)30(33,23-11-4-2-5-12-23)24-13-6-3-7-14-24/h2,4-5,8-12,15-19,24,27-28,31,33H,3,6-7,13-14,20H2,1H3/t27-,28+,30-/m1/s1. The molecule has 6 nitrogen and oxygen atoms in total. The van der Waals surface area contributed by atoms with Gasteiger partial charge in [0.15, 0.2) is 5.60 Å². The van der Waals surface area contributed by atoms with Crippen LogP contribution in [0.3, 0.4) is 0 Å². The molecule has 0 heterocycles. The van der Waals surface area contributed by atoms with Crippen LogP contribution in [0.25, 0.3) is 0 Å². The number of ether oxygens (including phenoxy) is 1. The number of sulfonamides is 1. The lowest BCUT2D eigenvalue weighted by Crippen LogP contribution is -2.47. The van der Waals surface area contributed by atoms with E-state index in [-0.39, 0.29) is 10.8 Å². The molecule has 0 aliphatic heterocycles. The van der Waals surface area contributed by atoms with Gasteiger partial charge in [0.05, 0.1) is 10.9 Å². The number of carbonyl (C=O) groups is 1. The van der Waals surface area contributed by atoms with Gasteiger partial charge in [0.25, 0.3) is 0 Å². The van der Waals surface area contributed by atoms with Crippen molar-refractivity contribution in [2.45, 2.75) is 68.1 Å². The van der Waals surface area contributed by atoms with Crippen molar-refractivity contribution in [3.8, 4) is 0 Å². The highest BCUT2D eigenvalue weighted by Crippen LogP contribution is 2.42. The summed E-state index contributed by atoms with van der Waals surface area (Å²) in [6.07, 6.45) is 4.01. The highest BCUT2D eigenvalue weighted by molar-refractivity contribution is 7.89. The predicted octanol–water partition coefficient (Wildman–Crippen LogP) is 4.95. The summed E-state index contributed by atoms with van der Waals surface area (Å²) in [7, 11) is -3.88. The minimum absolute atomic E-state index is 0.149. The van der Waals surface area contributed by atoms with E-state index in [1.54, 1.807) is 48.5 Å². The number of carbonyl (C=O) groups excluding carboxylic acids is 1. The zero-order valence-corrected chi connectivity index (χ0v) is 21.8. The van der Waals surface area contributed by atoms with E-state index in [0.717, 1.165) is 48.8 Å². The van der Waals surface area contributed by atoms with Crippen molar-refractivity contribution in [3.63, 3.8) is 0 Å². The van der Waals surface area contributed by atoms with Crippen LogP contribution in [0.2, 0.25) is 0 Å². The molecule has 0 radical (unpaired) electrons. The number of aryl methyl sites for hydroxylation is 1. The van der Waals surface area contributed by atoms with E-state index in [4.69, 9.17) is 4.74 Å². The molecule has 2 aliphatic rings. The molecule has 2 N–H and O–H groups in total. The Labute approximate surface area is 218 Å². The SMILES string of the molecule is Cc1ccc(S(=O)(=O)N[C@H]2c3ccccc3C[C@H]2OC(=O)[C@@](O)(c2ccccc2)C2CCCCC2)cc1. The monoisotopic (exact) mass is 519 g/mol. The fourth-order valence-corrected chi connectivity index (χ4v) is 6.96. The van der Waals surface area contributed by atoms with Gasteiger partial charge in [-0.15, -0.1) is 0 Å². The van der Waals surface area contributed by atoms with Crippen LogP contribution in [0.5, 0.6) is 0 Å². The number of nitrogens with one attached hydrogen (secondary N) is 1. The second-order valence-electron chi connectivity index (χ2n) is 10.2. The Morgan fingerprint density at radius 1 is 0.919 bits per heavy atom. The number of hydrogen-bond acceptors (Lipinski definition) is 5. The molecule has 37 heavy (non-hydrogen) atoms. The molecule has 0 bridgehead atoms. The van der Waals surface area contributed by atoms with Gasteiger partial charge in [-0.2, -0.15) is 4.72 Å². The Morgan fingerprint density at radius 2 is 1.57 bits per heavy atom. The van der Waals surface area contributed by atoms with Gasteiger partial charge in [-0.05, 0) is 48.6 Å². The van der Waals surface area contributed by atoms with E-state index < -0.39 is 33.7 Å². The summed E-state index contributed by atoms with van der Waals surface area (Å²) in [6.45, 7) is 1.90. The maximum absolute atomic E-state index is 13.8. The molecule has 0 unspecified atom stereocenters. The van der Waals surface area contributed by atoms with Crippen LogP contribution in [0.1, 0.15) is 60.4 Å². The Hall–Kier alpha value is -3.00. The lowest BCUT2D eigenvalue weighted by Gasteiger charge is -2.38. The molecule has 3 atom stereocenters. The summed E-state index contributed by atoms with van der Waals surface area (Å²) in [5.74, 6) is -0.981. The lowest BCUT2D eigenvalue weighted by atomic mass is 9.73. The first-order valence-corrected chi connectivity index (χ1v) is 14.4. The molecular weight excluding hydrogens is 486 g/mol. The highest BCUT2D eigenvalue weighted by Gasteiger charge is 2.49. The quantitative estimate of drug-likeness (QED) is 0.431. The van der Waals surface area contributed by atoms with E-state index >= 15 is 0 Å². The first kappa shape index (κ1) is 25.6. The van der Waals surface area contributed by atoms with Gasteiger partial charge in [-0.3, -0.25) is 0 Å².